The third kappa shape index (κ3) is 3.14. The number of benzene rings is 2. The molecule has 21 heavy (non-hydrogen) atoms. The molecule has 2 N–H and O–H groups in total. The molecular formula is C18H20N2O. The predicted octanol–water partition coefficient (Wildman–Crippen LogP) is 2.14. The zero-order valence-corrected chi connectivity index (χ0v) is 12.0. The van der Waals surface area contributed by atoms with Crippen LogP contribution < -0.4 is 5.73 Å². The van der Waals surface area contributed by atoms with Gasteiger partial charge in [-0.3, -0.25) is 4.79 Å². The zero-order valence-electron chi connectivity index (χ0n) is 12.0. The molecule has 1 heterocycles. The molecule has 1 amide bonds. The van der Waals surface area contributed by atoms with Gasteiger partial charge < -0.3 is 10.6 Å². The summed E-state index contributed by atoms with van der Waals surface area (Å²) >= 11 is 0. The van der Waals surface area contributed by atoms with E-state index in [1.165, 1.54) is 11.1 Å². The molecule has 0 aromatic heterocycles. The van der Waals surface area contributed by atoms with Gasteiger partial charge in [0.2, 0.25) is 5.91 Å². The molecule has 0 saturated heterocycles. The minimum Gasteiger partial charge on any atom is -0.337 e. The minimum atomic E-state index is -0.460. The highest BCUT2D eigenvalue weighted by molar-refractivity contribution is 5.82. The first kappa shape index (κ1) is 13.8. The van der Waals surface area contributed by atoms with Gasteiger partial charge in [-0.15, -0.1) is 0 Å². The number of rotatable bonds is 3. The van der Waals surface area contributed by atoms with Gasteiger partial charge in [-0.05, 0) is 29.5 Å². The van der Waals surface area contributed by atoms with E-state index in [-0.39, 0.29) is 5.91 Å². The lowest BCUT2D eigenvalue weighted by Gasteiger charge is -2.30. The smallest absolute Gasteiger partial charge is 0.240 e. The third-order valence-electron chi connectivity index (χ3n) is 4.06. The molecule has 1 aliphatic rings. The Hall–Kier alpha value is -2.13. The molecule has 2 aromatic carbocycles. The van der Waals surface area contributed by atoms with Crippen molar-refractivity contribution < 1.29 is 4.79 Å². The monoisotopic (exact) mass is 280 g/mol. The summed E-state index contributed by atoms with van der Waals surface area (Å²) in [6.07, 6.45) is 1.51. The fourth-order valence-corrected chi connectivity index (χ4v) is 2.87. The molecule has 0 bridgehead atoms. The van der Waals surface area contributed by atoms with Crippen LogP contribution in [0.1, 0.15) is 16.7 Å². The van der Waals surface area contributed by atoms with Gasteiger partial charge in [-0.1, -0.05) is 54.6 Å². The molecule has 0 fully saturated rings. The van der Waals surface area contributed by atoms with Crippen molar-refractivity contribution in [3.63, 3.8) is 0 Å². The summed E-state index contributed by atoms with van der Waals surface area (Å²) < 4.78 is 0. The van der Waals surface area contributed by atoms with Gasteiger partial charge in [0, 0.05) is 13.1 Å². The van der Waals surface area contributed by atoms with Gasteiger partial charge in [0.25, 0.3) is 0 Å². The Morgan fingerprint density at radius 2 is 1.71 bits per heavy atom. The SMILES string of the molecule is N[C@@H](Cc1ccccc1)C(=O)N1CCc2ccccc2C1. The first-order chi connectivity index (χ1) is 10.2. The number of fused-ring (bicyclic) bond motifs is 1. The van der Waals surface area contributed by atoms with Crippen molar-refractivity contribution in [2.75, 3.05) is 6.54 Å². The molecular weight excluding hydrogens is 260 g/mol. The second kappa shape index (κ2) is 6.10. The molecule has 0 radical (unpaired) electrons. The van der Waals surface area contributed by atoms with E-state index in [9.17, 15) is 4.79 Å². The van der Waals surface area contributed by atoms with E-state index in [0.29, 0.717) is 13.0 Å². The highest BCUT2D eigenvalue weighted by Crippen LogP contribution is 2.19. The highest BCUT2D eigenvalue weighted by atomic mass is 16.2. The number of hydrogen-bond donors (Lipinski definition) is 1. The lowest BCUT2D eigenvalue weighted by molar-refractivity contribution is -0.133. The fraction of sp³-hybridized carbons (Fsp3) is 0.278. The largest absolute Gasteiger partial charge is 0.337 e. The summed E-state index contributed by atoms with van der Waals surface area (Å²) in [4.78, 5) is 14.4. The summed E-state index contributed by atoms with van der Waals surface area (Å²) in [6.45, 7) is 1.44. The van der Waals surface area contributed by atoms with Crippen molar-refractivity contribution in [2.45, 2.75) is 25.4 Å². The second-order valence-corrected chi connectivity index (χ2v) is 5.57. The average Bonchev–Trinajstić information content (AvgIpc) is 2.54. The van der Waals surface area contributed by atoms with E-state index >= 15 is 0 Å². The van der Waals surface area contributed by atoms with Crippen LogP contribution in [0.15, 0.2) is 54.6 Å². The average molecular weight is 280 g/mol. The quantitative estimate of drug-likeness (QED) is 0.936. The van der Waals surface area contributed by atoms with Crippen LogP contribution in [0.2, 0.25) is 0 Å². The molecule has 3 heteroatoms. The van der Waals surface area contributed by atoms with Crippen LogP contribution in [0.3, 0.4) is 0 Å². The fourth-order valence-electron chi connectivity index (χ4n) is 2.87. The van der Waals surface area contributed by atoms with Gasteiger partial charge in [-0.25, -0.2) is 0 Å². The molecule has 1 aliphatic heterocycles. The third-order valence-corrected chi connectivity index (χ3v) is 4.06. The summed E-state index contributed by atoms with van der Waals surface area (Å²) in [5.74, 6) is 0.0494. The Kier molecular flexibility index (Phi) is 4.02. The maximum Gasteiger partial charge on any atom is 0.240 e. The Labute approximate surface area is 125 Å². The van der Waals surface area contributed by atoms with Gasteiger partial charge in [0.15, 0.2) is 0 Å². The normalized spacial score (nSPS) is 15.4. The summed E-state index contributed by atoms with van der Waals surface area (Å²) in [6, 6.07) is 17.8. The summed E-state index contributed by atoms with van der Waals surface area (Å²) in [7, 11) is 0. The van der Waals surface area contributed by atoms with Crippen molar-refractivity contribution in [2.24, 2.45) is 5.73 Å². The van der Waals surface area contributed by atoms with E-state index in [0.717, 1.165) is 18.5 Å². The number of carbonyl (C=O) groups is 1. The highest BCUT2D eigenvalue weighted by Gasteiger charge is 2.24. The van der Waals surface area contributed by atoms with Crippen molar-refractivity contribution in [1.29, 1.82) is 0 Å². The molecule has 0 saturated carbocycles. The topological polar surface area (TPSA) is 46.3 Å². The van der Waals surface area contributed by atoms with E-state index < -0.39 is 6.04 Å². The lowest BCUT2D eigenvalue weighted by Crippen LogP contribution is -2.46. The van der Waals surface area contributed by atoms with Crippen LogP contribution in [0.4, 0.5) is 0 Å². The van der Waals surface area contributed by atoms with Crippen LogP contribution >= 0.6 is 0 Å². The molecule has 3 nitrogen and oxygen atoms in total. The molecule has 0 aliphatic carbocycles. The Morgan fingerprint density at radius 3 is 2.48 bits per heavy atom. The number of amides is 1. The maximum absolute atomic E-state index is 12.5. The van der Waals surface area contributed by atoms with E-state index in [2.05, 4.69) is 18.2 Å². The van der Waals surface area contributed by atoms with Crippen LogP contribution in [0.5, 0.6) is 0 Å². The van der Waals surface area contributed by atoms with Gasteiger partial charge in [0.1, 0.15) is 0 Å². The standard InChI is InChI=1S/C18H20N2O/c19-17(12-14-6-2-1-3-7-14)18(21)20-11-10-15-8-4-5-9-16(15)13-20/h1-9,17H,10-13,19H2/t17-/m0/s1. The molecule has 0 unspecified atom stereocenters. The zero-order chi connectivity index (χ0) is 14.7. The summed E-state index contributed by atoms with van der Waals surface area (Å²) in [5.41, 5.74) is 9.80. The number of carbonyl (C=O) groups excluding carboxylic acids is 1. The Balaban J connectivity index is 1.66. The second-order valence-electron chi connectivity index (χ2n) is 5.57. The number of hydrogen-bond acceptors (Lipinski definition) is 2. The van der Waals surface area contributed by atoms with Crippen LogP contribution in [-0.2, 0) is 24.2 Å². The molecule has 3 rings (SSSR count). The minimum absolute atomic E-state index is 0.0494. The van der Waals surface area contributed by atoms with Gasteiger partial charge >= 0.3 is 0 Å². The van der Waals surface area contributed by atoms with E-state index in [1.807, 2.05) is 41.3 Å². The predicted molar refractivity (Wildman–Crippen MR) is 83.7 cm³/mol. The molecule has 108 valence electrons. The number of nitrogens with two attached hydrogens (primary N) is 1. The Bertz CT molecular complexity index is 624. The van der Waals surface area contributed by atoms with Gasteiger partial charge in [0.05, 0.1) is 6.04 Å². The van der Waals surface area contributed by atoms with Crippen molar-refractivity contribution in [3.8, 4) is 0 Å². The molecule has 1 atom stereocenters. The maximum atomic E-state index is 12.5. The van der Waals surface area contributed by atoms with Crippen molar-refractivity contribution >= 4 is 5.91 Å². The number of nitrogens with zero attached hydrogens (tertiary/aromatic N) is 1. The van der Waals surface area contributed by atoms with Crippen LogP contribution in [0.25, 0.3) is 0 Å². The first-order valence-corrected chi connectivity index (χ1v) is 7.39. The molecule has 0 spiro atoms. The van der Waals surface area contributed by atoms with Crippen molar-refractivity contribution in [1.82, 2.24) is 4.90 Å². The van der Waals surface area contributed by atoms with Crippen molar-refractivity contribution in [3.05, 3.63) is 71.3 Å². The lowest BCUT2D eigenvalue weighted by atomic mass is 9.98. The van der Waals surface area contributed by atoms with E-state index in [1.54, 1.807) is 0 Å². The Morgan fingerprint density at radius 1 is 1.05 bits per heavy atom. The first-order valence-electron chi connectivity index (χ1n) is 7.39. The van der Waals surface area contributed by atoms with Crippen LogP contribution in [0, 0.1) is 0 Å². The molecule has 2 aromatic rings. The summed E-state index contributed by atoms with van der Waals surface area (Å²) in [5, 5.41) is 0. The van der Waals surface area contributed by atoms with Crippen LogP contribution in [-0.4, -0.2) is 23.4 Å². The van der Waals surface area contributed by atoms with E-state index in [4.69, 9.17) is 5.73 Å². The van der Waals surface area contributed by atoms with Gasteiger partial charge in [-0.2, -0.15) is 0 Å².